The number of nitrogens with one attached hydrogen (secondary N) is 1. The van der Waals surface area contributed by atoms with Gasteiger partial charge in [0, 0.05) is 37.1 Å². The van der Waals surface area contributed by atoms with Gasteiger partial charge >= 0.3 is 6.18 Å². The zero-order valence-electron chi connectivity index (χ0n) is 17.3. The van der Waals surface area contributed by atoms with Gasteiger partial charge in [0.15, 0.2) is 0 Å². The normalized spacial score (nSPS) is 21.8. The van der Waals surface area contributed by atoms with Crippen molar-refractivity contribution in [1.29, 1.82) is 0 Å². The van der Waals surface area contributed by atoms with E-state index in [1.54, 1.807) is 6.07 Å². The number of nitrogens with zero attached hydrogens (tertiary/aromatic N) is 2. The second-order valence-corrected chi connectivity index (χ2v) is 8.58. The first-order chi connectivity index (χ1) is 14.8. The van der Waals surface area contributed by atoms with Gasteiger partial charge in [-0.3, -0.25) is 4.79 Å². The Balaban J connectivity index is 1.43. The third-order valence-corrected chi connectivity index (χ3v) is 6.41. The van der Waals surface area contributed by atoms with Crippen molar-refractivity contribution in [2.45, 2.75) is 25.4 Å². The lowest BCUT2D eigenvalue weighted by atomic mass is 10.1. The third-order valence-electron chi connectivity index (χ3n) is 6.17. The fourth-order valence-corrected chi connectivity index (χ4v) is 4.36. The summed E-state index contributed by atoms with van der Waals surface area (Å²) in [5.41, 5.74) is 1.71. The van der Waals surface area contributed by atoms with Crippen LogP contribution in [0.5, 0.6) is 0 Å². The first-order valence-electron chi connectivity index (χ1n) is 10.5. The summed E-state index contributed by atoms with van der Waals surface area (Å²) in [5, 5.41) is 3.56. The molecule has 1 amide bonds. The average molecular weight is 452 g/mol. The zero-order chi connectivity index (χ0) is 22.2. The molecule has 166 valence electrons. The highest BCUT2D eigenvalue weighted by molar-refractivity contribution is 6.31. The number of benzene rings is 2. The highest BCUT2D eigenvalue weighted by Gasteiger charge is 2.44. The minimum absolute atomic E-state index is 0.0574. The number of hydrogen-bond donors (Lipinski definition) is 1. The molecule has 0 aromatic heterocycles. The molecule has 2 aromatic carbocycles. The van der Waals surface area contributed by atoms with Crippen molar-refractivity contribution in [2.24, 2.45) is 5.92 Å². The Kier molecular flexibility index (Phi) is 6.17. The van der Waals surface area contributed by atoms with E-state index in [1.165, 1.54) is 12.1 Å². The van der Waals surface area contributed by atoms with Crippen molar-refractivity contribution >= 4 is 28.9 Å². The molecular formula is C23H25ClF3N3O. The molecule has 8 heteroatoms. The Morgan fingerprint density at radius 1 is 1.10 bits per heavy atom. The van der Waals surface area contributed by atoms with E-state index in [1.807, 2.05) is 12.1 Å². The molecule has 2 unspecified atom stereocenters. The molecule has 2 aliphatic rings. The summed E-state index contributed by atoms with van der Waals surface area (Å²) in [7, 11) is 0. The van der Waals surface area contributed by atoms with Crippen LogP contribution in [-0.2, 0) is 11.0 Å². The van der Waals surface area contributed by atoms with Gasteiger partial charge in [0.05, 0.1) is 16.9 Å². The number of anilines is 2. The van der Waals surface area contributed by atoms with Gasteiger partial charge in [-0.2, -0.15) is 13.2 Å². The van der Waals surface area contributed by atoms with Crippen molar-refractivity contribution < 1.29 is 18.0 Å². The first-order valence-corrected chi connectivity index (χ1v) is 10.9. The van der Waals surface area contributed by atoms with E-state index in [0.717, 1.165) is 56.1 Å². The molecule has 2 aromatic rings. The lowest BCUT2D eigenvalue weighted by molar-refractivity contribution is -0.137. The number of amides is 1. The van der Waals surface area contributed by atoms with Gasteiger partial charge < -0.3 is 15.1 Å². The summed E-state index contributed by atoms with van der Waals surface area (Å²) >= 11 is 6.19. The zero-order valence-corrected chi connectivity index (χ0v) is 18.0. The van der Waals surface area contributed by atoms with Crippen molar-refractivity contribution in [1.82, 2.24) is 4.90 Å². The second-order valence-electron chi connectivity index (χ2n) is 8.14. The third kappa shape index (κ3) is 4.99. The summed E-state index contributed by atoms with van der Waals surface area (Å²) in [6.07, 6.45) is -3.73. The Labute approximate surface area is 185 Å². The molecule has 1 heterocycles. The van der Waals surface area contributed by atoms with Crippen LogP contribution in [-0.4, -0.2) is 43.5 Å². The van der Waals surface area contributed by atoms with E-state index in [9.17, 15) is 18.0 Å². The number of carbonyl (C=O) groups is 1. The van der Waals surface area contributed by atoms with Crippen molar-refractivity contribution in [3.05, 3.63) is 58.6 Å². The summed E-state index contributed by atoms with van der Waals surface area (Å²) in [6.45, 7) is 6.83. The van der Waals surface area contributed by atoms with Crippen LogP contribution in [0.3, 0.4) is 0 Å². The SMILES string of the molecule is CCN1CCN(c2ccc(Cl)cc2NC(=O)C2CC2c2ccc(C(F)(F)F)cc2)CC1. The van der Waals surface area contributed by atoms with E-state index in [4.69, 9.17) is 11.6 Å². The molecule has 1 N–H and O–H groups in total. The summed E-state index contributed by atoms with van der Waals surface area (Å²) in [4.78, 5) is 17.5. The van der Waals surface area contributed by atoms with Gasteiger partial charge in [0.1, 0.15) is 0 Å². The smallest absolute Gasteiger partial charge is 0.367 e. The maximum atomic E-state index is 12.9. The average Bonchev–Trinajstić information content (AvgIpc) is 3.55. The number of carbonyl (C=O) groups excluding carboxylic acids is 1. The van der Waals surface area contributed by atoms with Crippen LogP contribution in [0.1, 0.15) is 30.4 Å². The van der Waals surface area contributed by atoms with Gasteiger partial charge in [-0.1, -0.05) is 30.7 Å². The molecule has 0 radical (unpaired) electrons. The molecular weight excluding hydrogens is 427 g/mol. The Morgan fingerprint density at radius 3 is 2.39 bits per heavy atom. The molecule has 31 heavy (non-hydrogen) atoms. The topological polar surface area (TPSA) is 35.6 Å². The molecule has 4 nitrogen and oxygen atoms in total. The first kappa shape index (κ1) is 22.0. The number of likely N-dealkylation sites (N-methyl/N-ethyl adjacent to an activating group) is 1. The van der Waals surface area contributed by atoms with Crippen LogP contribution >= 0.6 is 11.6 Å². The Bertz CT molecular complexity index is 940. The van der Waals surface area contributed by atoms with Gasteiger partial charge in [-0.15, -0.1) is 0 Å². The van der Waals surface area contributed by atoms with Crippen LogP contribution in [0.15, 0.2) is 42.5 Å². The van der Waals surface area contributed by atoms with Crippen LogP contribution in [0.2, 0.25) is 5.02 Å². The predicted molar refractivity (Wildman–Crippen MR) is 117 cm³/mol. The highest BCUT2D eigenvalue weighted by Crippen LogP contribution is 2.48. The van der Waals surface area contributed by atoms with Crippen molar-refractivity contribution in [2.75, 3.05) is 42.9 Å². The van der Waals surface area contributed by atoms with Crippen LogP contribution in [0, 0.1) is 5.92 Å². The molecule has 1 aliphatic heterocycles. The van der Waals surface area contributed by atoms with Crippen LogP contribution < -0.4 is 10.2 Å². The number of piperazine rings is 1. The molecule has 0 bridgehead atoms. The molecule has 1 saturated carbocycles. The standard InChI is InChI=1S/C23H25ClF3N3O/c1-2-29-9-11-30(12-10-29)21-8-7-17(24)13-20(21)28-22(31)19-14-18(19)15-3-5-16(6-4-15)23(25,26)27/h3-8,13,18-19H,2,9-12,14H2,1H3,(H,28,31). The second kappa shape index (κ2) is 8.71. The van der Waals surface area contributed by atoms with E-state index < -0.39 is 11.7 Å². The molecule has 1 aliphatic carbocycles. The summed E-state index contributed by atoms with van der Waals surface area (Å²) in [6, 6.07) is 10.6. The molecule has 2 fully saturated rings. The maximum absolute atomic E-state index is 12.9. The number of alkyl halides is 3. The number of hydrogen-bond acceptors (Lipinski definition) is 3. The van der Waals surface area contributed by atoms with Crippen molar-refractivity contribution in [3.63, 3.8) is 0 Å². The lowest BCUT2D eigenvalue weighted by Crippen LogP contribution is -2.46. The van der Waals surface area contributed by atoms with E-state index >= 15 is 0 Å². The predicted octanol–water partition coefficient (Wildman–Crippen LogP) is 5.24. The number of rotatable bonds is 5. The quantitative estimate of drug-likeness (QED) is 0.675. The fourth-order valence-electron chi connectivity index (χ4n) is 4.19. The van der Waals surface area contributed by atoms with Gasteiger partial charge in [-0.25, -0.2) is 0 Å². The Morgan fingerprint density at radius 2 is 1.77 bits per heavy atom. The minimum atomic E-state index is -4.36. The van der Waals surface area contributed by atoms with Crippen LogP contribution in [0.4, 0.5) is 24.5 Å². The number of halogens is 4. The van der Waals surface area contributed by atoms with Crippen molar-refractivity contribution in [3.8, 4) is 0 Å². The Hall–Kier alpha value is -2.25. The largest absolute Gasteiger partial charge is 0.416 e. The van der Waals surface area contributed by atoms with E-state index in [2.05, 4.69) is 22.0 Å². The molecule has 1 saturated heterocycles. The van der Waals surface area contributed by atoms with E-state index in [-0.39, 0.29) is 17.7 Å². The van der Waals surface area contributed by atoms with Gasteiger partial charge in [0.2, 0.25) is 5.91 Å². The highest BCUT2D eigenvalue weighted by atomic mass is 35.5. The lowest BCUT2D eigenvalue weighted by Gasteiger charge is -2.36. The summed E-state index contributed by atoms with van der Waals surface area (Å²) in [5.74, 6) is -0.431. The fraction of sp³-hybridized carbons (Fsp3) is 0.435. The van der Waals surface area contributed by atoms with Gasteiger partial charge in [0.25, 0.3) is 0 Å². The molecule has 4 rings (SSSR count). The van der Waals surface area contributed by atoms with Gasteiger partial charge in [-0.05, 0) is 54.8 Å². The molecule has 2 atom stereocenters. The van der Waals surface area contributed by atoms with E-state index in [0.29, 0.717) is 17.1 Å². The summed E-state index contributed by atoms with van der Waals surface area (Å²) < 4.78 is 38.3. The minimum Gasteiger partial charge on any atom is -0.367 e. The monoisotopic (exact) mass is 451 g/mol. The maximum Gasteiger partial charge on any atom is 0.416 e. The van der Waals surface area contributed by atoms with Crippen LogP contribution in [0.25, 0.3) is 0 Å². The molecule has 0 spiro atoms.